The van der Waals surface area contributed by atoms with Gasteiger partial charge < -0.3 is 11.5 Å². The van der Waals surface area contributed by atoms with Crippen molar-refractivity contribution in [3.63, 3.8) is 0 Å². The van der Waals surface area contributed by atoms with Crippen LogP contribution in [0.25, 0.3) is 0 Å². The second-order valence-corrected chi connectivity index (χ2v) is 5.89. The number of rotatable bonds is 7. The van der Waals surface area contributed by atoms with Crippen molar-refractivity contribution in [2.75, 3.05) is 13.1 Å². The summed E-state index contributed by atoms with van der Waals surface area (Å²) >= 11 is 0. The number of sulfonamides is 1. The number of nitro groups is 1. The molecule has 0 unspecified atom stereocenters. The Hall–Kier alpha value is -2.53. The second-order valence-electron chi connectivity index (χ2n) is 3.96. The molecule has 4 N–H and O–H groups in total. The Bertz CT molecular complexity index is 653. The van der Waals surface area contributed by atoms with Crippen molar-refractivity contribution in [3.8, 4) is 0 Å². The zero-order valence-corrected chi connectivity index (χ0v) is 11.4. The number of non-ortho nitro benzene ring substituents is 1. The molecular formula is C10H12N4O6S. The highest BCUT2D eigenvalue weighted by Gasteiger charge is 2.27. The normalized spacial score (nSPS) is 11.3. The van der Waals surface area contributed by atoms with Gasteiger partial charge in [0.15, 0.2) is 0 Å². The van der Waals surface area contributed by atoms with Gasteiger partial charge in [0.1, 0.15) is 0 Å². The van der Waals surface area contributed by atoms with Crippen LogP contribution in [0, 0.1) is 10.1 Å². The van der Waals surface area contributed by atoms with Crippen LogP contribution in [-0.4, -0.2) is 42.6 Å². The molecule has 0 saturated carbocycles. The zero-order chi connectivity index (χ0) is 16.2. The van der Waals surface area contributed by atoms with Crippen molar-refractivity contribution in [3.05, 3.63) is 34.4 Å². The van der Waals surface area contributed by atoms with Crippen LogP contribution in [0.15, 0.2) is 29.2 Å². The Morgan fingerprint density at radius 2 is 1.52 bits per heavy atom. The summed E-state index contributed by atoms with van der Waals surface area (Å²) in [6.45, 7) is -1.47. The largest absolute Gasteiger partial charge is 0.369 e. The monoisotopic (exact) mass is 316 g/mol. The highest BCUT2D eigenvalue weighted by atomic mass is 32.2. The summed E-state index contributed by atoms with van der Waals surface area (Å²) in [4.78, 5) is 31.3. The lowest BCUT2D eigenvalue weighted by molar-refractivity contribution is -0.384. The van der Waals surface area contributed by atoms with Gasteiger partial charge in [0.25, 0.3) is 5.69 Å². The lowest BCUT2D eigenvalue weighted by atomic mass is 10.3. The summed E-state index contributed by atoms with van der Waals surface area (Å²) in [5, 5.41) is 10.5. The number of carbonyl (C=O) groups excluding carboxylic acids is 2. The van der Waals surface area contributed by atoms with Gasteiger partial charge in [0.05, 0.1) is 22.9 Å². The van der Waals surface area contributed by atoms with E-state index >= 15 is 0 Å². The minimum Gasteiger partial charge on any atom is -0.369 e. The van der Waals surface area contributed by atoms with Crippen LogP contribution in [-0.2, 0) is 19.6 Å². The average molecular weight is 316 g/mol. The highest BCUT2D eigenvalue weighted by molar-refractivity contribution is 7.89. The molecule has 1 aromatic rings. The molecule has 0 aliphatic heterocycles. The Morgan fingerprint density at radius 1 is 1.10 bits per heavy atom. The molecule has 11 heteroatoms. The smallest absolute Gasteiger partial charge is 0.269 e. The predicted octanol–water partition coefficient (Wildman–Crippen LogP) is -1.44. The third-order valence-corrected chi connectivity index (χ3v) is 4.16. The van der Waals surface area contributed by atoms with E-state index in [0.717, 1.165) is 24.3 Å². The number of hydrogen-bond donors (Lipinski definition) is 2. The third kappa shape index (κ3) is 4.22. The van der Waals surface area contributed by atoms with E-state index in [0.29, 0.717) is 4.31 Å². The lowest BCUT2D eigenvalue weighted by Crippen LogP contribution is -2.43. The van der Waals surface area contributed by atoms with Gasteiger partial charge >= 0.3 is 0 Å². The van der Waals surface area contributed by atoms with Crippen molar-refractivity contribution >= 4 is 27.5 Å². The first-order valence-corrected chi connectivity index (χ1v) is 6.90. The van der Waals surface area contributed by atoms with Crippen LogP contribution in [0.4, 0.5) is 5.69 Å². The molecule has 0 spiro atoms. The minimum atomic E-state index is -4.22. The van der Waals surface area contributed by atoms with Crippen molar-refractivity contribution in [1.29, 1.82) is 0 Å². The first-order valence-electron chi connectivity index (χ1n) is 5.46. The summed E-state index contributed by atoms with van der Waals surface area (Å²) in [6, 6.07) is 3.95. The Balaban J connectivity index is 3.17. The van der Waals surface area contributed by atoms with E-state index < -0.39 is 39.9 Å². The maximum atomic E-state index is 12.2. The molecule has 0 bridgehead atoms. The molecule has 114 valence electrons. The van der Waals surface area contributed by atoms with E-state index in [4.69, 9.17) is 11.5 Å². The zero-order valence-electron chi connectivity index (χ0n) is 10.6. The summed E-state index contributed by atoms with van der Waals surface area (Å²) in [5.41, 5.74) is 9.54. The number of nitro benzene ring substituents is 1. The van der Waals surface area contributed by atoms with Crippen LogP contribution < -0.4 is 11.5 Å². The van der Waals surface area contributed by atoms with Gasteiger partial charge in [0, 0.05) is 12.1 Å². The van der Waals surface area contributed by atoms with Gasteiger partial charge in [0.2, 0.25) is 21.8 Å². The molecule has 0 fully saturated rings. The fourth-order valence-corrected chi connectivity index (χ4v) is 2.83. The summed E-state index contributed by atoms with van der Waals surface area (Å²) < 4.78 is 24.9. The van der Waals surface area contributed by atoms with Gasteiger partial charge in [-0.05, 0) is 12.1 Å². The van der Waals surface area contributed by atoms with Gasteiger partial charge in [-0.15, -0.1) is 0 Å². The molecule has 0 heterocycles. The number of hydrogen-bond acceptors (Lipinski definition) is 6. The summed E-state index contributed by atoms with van der Waals surface area (Å²) in [5.74, 6) is -1.94. The molecule has 0 aromatic heterocycles. The van der Waals surface area contributed by atoms with Gasteiger partial charge in [-0.3, -0.25) is 19.7 Å². The maximum Gasteiger partial charge on any atom is 0.269 e. The first kappa shape index (κ1) is 16.5. The van der Waals surface area contributed by atoms with Gasteiger partial charge in [-0.25, -0.2) is 8.42 Å². The lowest BCUT2D eigenvalue weighted by Gasteiger charge is -2.18. The van der Waals surface area contributed by atoms with Crippen molar-refractivity contribution in [1.82, 2.24) is 4.31 Å². The van der Waals surface area contributed by atoms with E-state index in [1.807, 2.05) is 0 Å². The standard InChI is InChI=1S/C10H12N4O6S/c11-9(15)5-13(6-10(12)16)21(19,20)8-3-1-7(2-4-8)14(17)18/h1-4H,5-6H2,(H2,11,15)(H2,12,16). The van der Waals surface area contributed by atoms with Crippen LogP contribution >= 0.6 is 0 Å². The molecule has 10 nitrogen and oxygen atoms in total. The van der Waals surface area contributed by atoms with Crippen LogP contribution in [0.3, 0.4) is 0 Å². The fraction of sp³-hybridized carbons (Fsp3) is 0.200. The van der Waals surface area contributed by atoms with Crippen molar-refractivity contribution < 1.29 is 22.9 Å². The predicted molar refractivity (Wildman–Crippen MR) is 70.2 cm³/mol. The van der Waals surface area contributed by atoms with Gasteiger partial charge in [-0.2, -0.15) is 4.31 Å². The topological polar surface area (TPSA) is 167 Å². The van der Waals surface area contributed by atoms with Gasteiger partial charge in [-0.1, -0.05) is 0 Å². The number of carbonyl (C=O) groups is 2. The Kier molecular flexibility index (Phi) is 4.94. The Labute approximate surface area is 119 Å². The first-order chi connectivity index (χ1) is 9.64. The number of benzene rings is 1. The molecule has 0 atom stereocenters. The van der Waals surface area contributed by atoms with E-state index in [1.54, 1.807) is 0 Å². The molecule has 0 aliphatic carbocycles. The number of primary amides is 2. The molecule has 1 rings (SSSR count). The van der Waals surface area contributed by atoms with E-state index in [9.17, 15) is 28.1 Å². The number of amides is 2. The quantitative estimate of drug-likeness (QED) is 0.461. The summed E-state index contributed by atoms with van der Waals surface area (Å²) in [6.07, 6.45) is 0. The molecule has 2 amide bonds. The van der Waals surface area contributed by atoms with Crippen LogP contribution in [0.2, 0.25) is 0 Å². The summed E-state index contributed by atoms with van der Waals surface area (Å²) in [7, 11) is -4.22. The molecular weight excluding hydrogens is 304 g/mol. The third-order valence-electron chi connectivity index (χ3n) is 2.35. The highest BCUT2D eigenvalue weighted by Crippen LogP contribution is 2.19. The minimum absolute atomic E-state index is 0.301. The van der Waals surface area contributed by atoms with Crippen molar-refractivity contribution in [2.45, 2.75) is 4.90 Å². The number of nitrogens with zero attached hydrogens (tertiary/aromatic N) is 2. The molecule has 1 aromatic carbocycles. The fourth-order valence-electron chi connectivity index (χ4n) is 1.46. The van der Waals surface area contributed by atoms with E-state index in [-0.39, 0.29) is 10.6 Å². The van der Waals surface area contributed by atoms with E-state index in [2.05, 4.69) is 0 Å². The molecule has 0 aliphatic rings. The van der Waals surface area contributed by atoms with Crippen LogP contribution in [0.5, 0.6) is 0 Å². The SMILES string of the molecule is NC(=O)CN(CC(N)=O)S(=O)(=O)c1ccc([N+](=O)[O-])cc1. The molecule has 0 saturated heterocycles. The Morgan fingerprint density at radius 3 is 1.86 bits per heavy atom. The number of nitrogens with two attached hydrogens (primary N) is 2. The maximum absolute atomic E-state index is 12.2. The second kappa shape index (κ2) is 6.28. The van der Waals surface area contributed by atoms with Crippen LogP contribution in [0.1, 0.15) is 0 Å². The van der Waals surface area contributed by atoms with Crippen molar-refractivity contribution in [2.24, 2.45) is 11.5 Å². The molecule has 0 radical (unpaired) electrons. The van der Waals surface area contributed by atoms with E-state index in [1.165, 1.54) is 0 Å². The molecule has 21 heavy (non-hydrogen) atoms. The average Bonchev–Trinajstić information content (AvgIpc) is 2.37.